The molecule has 0 radical (unpaired) electrons. The summed E-state index contributed by atoms with van der Waals surface area (Å²) in [6, 6.07) is 11.0. The fraction of sp³-hybridized carbons (Fsp3) is 0.200. The highest BCUT2D eigenvalue weighted by atomic mass is 19.1. The first-order chi connectivity index (χ1) is 10.1. The molecule has 5 nitrogen and oxygen atoms in total. The van der Waals surface area contributed by atoms with Crippen LogP contribution in [-0.4, -0.2) is 18.6 Å². The van der Waals surface area contributed by atoms with E-state index in [-0.39, 0.29) is 11.4 Å². The highest BCUT2D eigenvalue weighted by Gasteiger charge is 2.05. The van der Waals surface area contributed by atoms with Crippen molar-refractivity contribution in [2.75, 3.05) is 19.0 Å². The van der Waals surface area contributed by atoms with Gasteiger partial charge in [0.2, 0.25) is 0 Å². The Bertz CT molecular complexity index is 629. The van der Waals surface area contributed by atoms with Crippen molar-refractivity contribution >= 4 is 11.4 Å². The molecular weight excluding hydrogens is 275 g/mol. The summed E-state index contributed by atoms with van der Waals surface area (Å²) < 4.78 is 18.2. The van der Waals surface area contributed by atoms with Crippen LogP contribution in [0.25, 0.3) is 0 Å². The van der Waals surface area contributed by atoms with Crippen LogP contribution in [0.1, 0.15) is 5.56 Å². The van der Waals surface area contributed by atoms with Crippen LogP contribution in [0, 0.1) is 15.9 Å². The van der Waals surface area contributed by atoms with Gasteiger partial charge in [-0.2, -0.15) is 0 Å². The van der Waals surface area contributed by atoms with Gasteiger partial charge in [-0.3, -0.25) is 10.1 Å². The van der Waals surface area contributed by atoms with Crippen molar-refractivity contribution in [2.24, 2.45) is 0 Å². The standard InChI is InChI=1S/C15H15FN2O3/c1-21-15-10-12(4-7-14(15)16)17-9-8-11-2-5-13(6-3-11)18(19)20/h2-7,10,17H,8-9H2,1H3. The molecule has 21 heavy (non-hydrogen) atoms. The number of rotatable bonds is 6. The molecule has 0 aliphatic carbocycles. The first kappa shape index (κ1) is 14.8. The van der Waals surface area contributed by atoms with Gasteiger partial charge in [-0.05, 0) is 24.1 Å². The summed E-state index contributed by atoms with van der Waals surface area (Å²) in [4.78, 5) is 10.1. The normalized spacial score (nSPS) is 10.2. The number of nitro groups is 1. The van der Waals surface area contributed by atoms with Gasteiger partial charge in [0, 0.05) is 30.4 Å². The van der Waals surface area contributed by atoms with Crippen LogP contribution in [0.4, 0.5) is 15.8 Å². The van der Waals surface area contributed by atoms with Crippen molar-refractivity contribution in [1.29, 1.82) is 0 Å². The lowest BCUT2D eigenvalue weighted by Gasteiger charge is -2.08. The third-order valence-corrected chi connectivity index (χ3v) is 3.04. The van der Waals surface area contributed by atoms with Crippen molar-refractivity contribution in [1.82, 2.24) is 0 Å². The highest BCUT2D eigenvalue weighted by Crippen LogP contribution is 2.21. The van der Waals surface area contributed by atoms with E-state index in [9.17, 15) is 14.5 Å². The van der Waals surface area contributed by atoms with Crippen molar-refractivity contribution in [3.05, 3.63) is 64.0 Å². The number of nitro benzene ring substituents is 1. The summed E-state index contributed by atoms with van der Waals surface area (Å²) in [5, 5.41) is 13.7. The minimum Gasteiger partial charge on any atom is -0.494 e. The Hall–Kier alpha value is -2.63. The van der Waals surface area contributed by atoms with Crippen LogP contribution in [-0.2, 0) is 6.42 Å². The van der Waals surface area contributed by atoms with Gasteiger partial charge < -0.3 is 10.1 Å². The number of non-ortho nitro benzene ring substituents is 1. The first-order valence-corrected chi connectivity index (χ1v) is 6.41. The summed E-state index contributed by atoms with van der Waals surface area (Å²) in [5.74, 6) is -0.214. The van der Waals surface area contributed by atoms with Crippen molar-refractivity contribution in [3.8, 4) is 5.75 Å². The molecule has 0 aliphatic heterocycles. The number of hydrogen-bond acceptors (Lipinski definition) is 4. The minimum atomic E-state index is -0.424. The zero-order valence-corrected chi connectivity index (χ0v) is 11.5. The van der Waals surface area contributed by atoms with Crippen LogP contribution < -0.4 is 10.1 Å². The number of benzene rings is 2. The van der Waals surface area contributed by atoms with E-state index in [1.54, 1.807) is 24.3 Å². The number of halogens is 1. The van der Waals surface area contributed by atoms with E-state index in [1.165, 1.54) is 25.3 Å². The highest BCUT2D eigenvalue weighted by molar-refractivity contribution is 5.49. The predicted molar refractivity (Wildman–Crippen MR) is 78.2 cm³/mol. The fourth-order valence-corrected chi connectivity index (χ4v) is 1.91. The number of hydrogen-bond donors (Lipinski definition) is 1. The second-order valence-corrected chi connectivity index (χ2v) is 4.45. The molecule has 0 unspecified atom stereocenters. The number of anilines is 1. The summed E-state index contributed by atoms with van der Waals surface area (Å²) >= 11 is 0. The molecule has 2 rings (SSSR count). The SMILES string of the molecule is COc1cc(NCCc2ccc([N+](=O)[O-])cc2)ccc1F. The lowest BCUT2D eigenvalue weighted by atomic mass is 10.1. The van der Waals surface area contributed by atoms with Gasteiger partial charge in [0.25, 0.3) is 5.69 Å². The van der Waals surface area contributed by atoms with E-state index < -0.39 is 10.7 Å². The average Bonchev–Trinajstić information content (AvgIpc) is 2.49. The maximum absolute atomic E-state index is 13.3. The molecular formula is C15H15FN2O3. The minimum absolute atomic E-state index is 0.0787. The molecule has 2 aromatic rings. The predicted octanol–water partition coefficient (Wildman–Crippen LogP) is 3.40. The molecule has 110 valence electrons. The molecule has 0 bridgehead atoms. The van der Waals surface area contributed by atoms with Crippen LogP contribution in [0.2, 0.25) is 0 Å². The monoisotopic (exact) mass is 290 g/mol. The van der Waals surface area contributed by atoms with E-state index in [2.05, 4.69) is 5.32 Å². The van der Waals surface area contributed by atoms with Gasteiger partial charge in [-0.1, -0.05) is 12.1 Å². The number of nitrogens with one attached hydrogen (secondary N) is 1. The smallest absolute Gasteiger partial charge is 0.269 e. The van der Waals surface area contributed by atoms with Gasteiger partial charge >= 0.3 is 0 Å². The van der Waals surface area contributed by atoms with E-state index in [0.29, 0.717) is 13.0 Å². The molecule has 0 heterocycles. The largest absolute Gasteiger partial charge is 0.494 e. The summed E-state index contributed by atoms with van der Waals surface area (Å²) in [6.45, 7) is 0.632. The van der Waals surface area contributed by atoms with Gasteiger partial charge in [0.1, 0.15) is 0 Å². The Morgan fingerprint density at radius 1 is 1.24 bits per heavy atom. The summed E-state index contributed by atoms with van der Waals surface area (Å²) in [5.41, 5.74) is 1.83. The molecule has 0 saturated heterocycles. The Morgan fingerprint density at radius 3 is 2.57 bits per heavy atom. The molecule has 6 heteroatoms. The maximum Gasteiger partial charge on any atom is 0.269 e. The third kappa shape index (κ3) is 3.92. The van der Waals surface area contributed by atoms with Gasteiger partial charge in [-0.15, -0.1) is 0 Å². The topological polar surface area (TPSA) is 64.4 Å². The van der Waals surface area contributed by atoms with E-state index in [1.807, 2.05) is 0 Å². The molecule has 0 aliphatic rings. The van der Waals surface area contributed by atoms with Crippen LogP contribution in [0.3, 0.4) is 0 Å². The fourth-order valence-electron chi connectivity index (χ4n) is 1.91. The van der Waals surface area contributed by atoms with Gasteiger partial charge in [0.15, 0.2) is 11.6 Å². The zero-order chi connectivity index (χ0) is 15.2. The summed E-state index contributed by atoms with van der Waals surface area (Å²) in [7, 11) is 1.42. The van der Waals surface area contributed by atoms with Crippen LogP contribution >= 0.6 is 0 Å². The Labute approximate surface area is 121 Å². The van der Waals surface area contributed by atoms with Gasteiger partial charge in [-0.25, -0.2) is 4.39 Å². The molecule has 0 aromatic heterocycles. The van der Waals surface area contributed by atoms with E-state index >= 15 is 0 Å². The molecule has 1 N–H and O–H groups in total. The number of ether oxygens (including phenoxy) is 1. The Kier molecular flexibility index (Phi) is 4.71. The quantitative estimate of drug-likeness (QED) is 0.654. The van der Waals surface area contributed by atoms with Gasteiger partial charge in [0.05, 0.1) is 12.0 Å². The van der Waals surface area contributed by atoms with Crippen LogP contribution in [0.5, 0.6) is 5.75 Å². The molecule has 0 atom stereocenters. The summed E-state index contributed by atoms with van der Waals surface area (Å²) in [6.07, 6.45) is 0.706. The molecule has 0 fully saturated rings. The average molecular weight is 290 g/mol. The Balaban J connectivity index is 1.90. The number of methoxy groups -OCH3 is 1. The molecule has 0 amide bonds. The second-order valence-electron chi connectivity index (χ2n) is 4.45. The van der Waals surface area contributed by atoms with Crippen molar-refractivity contribution in [3.63, 3.8) is 0 Å². The van der Waals surface area contributed by atoms with Crippen molar-refractivity contribution in [2.45, 2.75) is 6.42 Å². The third-order valence-electron chi connectivity index (χ3n) is 3.04. The molecule has 0 saturated carbocycles. The molecule has 0 spiro atoms. The maximum atomic E-state index is 13.3. The van der Waals surface area contributed by atoms with Crippen molar-refractivity contribution < 1.29 is 14.1 Å². The Morgan fingerprint density at radius 2 is 1.95 bits per heavy atom. The van der Waals surface area contributed by atoms with E-state index in [4.69, 9.17) is 4.74 Å². The lowest BCUT2D eigenvalue weighted by Crippen LogP contribution is -2.05. The second kappa shape index (κ2) is 6.69. The molecule has 2 aromatic carbocycles. The number of nitrogens with zero attached hydrogens (tertiary/aromatic N) is 1. The van der Waals surface area contributed by atoms with E-state index in [0.717, 1.165) is 11.3 Å². The van der Waals surface area contributed by atoms with Crippen LogP contribution in [0.15, 0.2) is 42.5 Å². The zero-order valence-electron chi connectivity index (χ0n) is 11.5. The lowest BCUT2D eigenvalue weighted by molar-refractivity contribution is -0.384. The first-order valence-electron chi connectivity index (χ1n) is 6.41.